The first-order chi connectivity index (χ1) is 17.5. The van der Waals surface area contributed by atoms with Crippen molar-refractivity contribution in [1.29, 1.82) is 0 Å². The fourth-order valence-electron chi connectivity index (χ4n) is 3.82. The highest BCUT2D eigenvalue weighted by Crippen LogP contribution is 2.36. The summed E-state index contributed by atoms with van der Waals surface area (Å²) in [7, 11) is 0. The average Bonchev–Trinajstić information content (AvgIpc) is 2.82. The summed E-state index contributed by atoms with van der Waals surface area (Å²) in [6, 6.07) is 11.8. The molecule has 8 heteroatoms. The first-order valence-electron chi connectivity index (χ1n) is 12.6. The Morgan fingerprint density at radius 2 is 1.11 bits per heavy atom. The highest BCUT2D eigenvalue weighted by Gasteiger charge is 2.25. The van der Waals surface area contributed by atoms with Crippen LogP contribution in [0.5, 0.6) is 11.5 Å². The van der Waals surface area contributed by atoms with Crippen molar-refractivity contribution in [3.63, 3.8) is 0 Å². The lowest BCUT2D eigenvalue weighted by Crippen LogP contribution is -2.23. The fraction of sp³-hybridized carbons (Fsp3) is 0.517. The van der Waals surface area contributed by atoms with E-state index in [2.05, 4.69) is 26.0 Å². The van der Waals surface area contributed by atoms with Gasteiger partial charge in [0, 0.05) is 18.6 Å². The molecule has 0 saturated heterocycles. The molecule has 0 spiro atoms. The van der Waals surface area contributed by atoms with Gasteiger partial charge in [0.15, 0.2) is 25.8 Å². The number of aryl methyl sites for hydroxylation is 2. The molecule has 0 heterocycles. The molecular weight excluding hydrogens is 476 g/mol. The smallest absolute Gasteiger partial charge is 0.346 e. The van der Waals surface area contributed by atoms with Crippen molar-refractivity contribution in [1.82, 2.24) is 0 Å². The molecule has 2 atom stereocenters. The minimum absolute atomic E-state index is 0.195. The van der Waals surface area contributed by atoms with Crippen molar-refractivity contribution in [2.75, 3.05) is 26.4 Å². The van der Waals surface area contributed by atoms with Crippen molar-refractivity contribution in [3.05, 3.63) is 58.7 Å². The van der Waals surface area contributed by atoms with E-state index in [1.165, 1.54) is 0 Å². The van der Waals surface area contributed by atoms with Gasteiger partial charge in [0.2, 0.25) is 0 Å². The zero-order valence-electron chi connectivity index (χ0n) is 23.2. The van der Waals surface area contributed by atoms with E-state index >= 15 is 0 Å². The molecule has 2 unspecified atom stereocenters. The van der Waals surface area contributed by atoms with Gasteiger partial charge in [0.05, 0.1) is 0 Å². The number of ether oxygens (including phenoxy) is 6. The molecule has 0 N–H and O–H groups in total. The molecule has 0 fully saturated rings. The molecule has 0 bridgehead atoms. The van der Waals surface area contributed by atoms with Gasteiger partial charge < -0.3 is 28.4 Å². The normalized spacial score (nSPS) is 13.0. The SMILES string of the molecule is CCOC(C)OC(=O)COc1ccc(C(C)(C)c2ccc(OCC(=O)OC(C)OCC)c(C)c2)cc1C. The van der Waals surface area contributed by atoms with Crippen LogP contribution in [0.25, 0.3) is 0 Å². The van der Waals surface area contributed by atoms with Gasteiger partial charge in [-0.15, -0.1) is 0 Å². The van der Waals surface area contributed by atoms with E-state index in [-0.39, 0.29) is 18.6 Å². The van der Waals surface area contributed by atoms with Gasteiger partial charge in [-0.1, -0.05) is 38.1 Å². The van der Waals surface area contributed by atoms with E-state index in [4.69, 9.17) is 28.4 Å². The standard InChI is InChI=1S/C29H40O8/c1-9-32-21(5)36-27(30)17-34-25-13-11-23(15-19(25)3)29(7,8)24-12-14-26(20(4)16-24)35-18-28(31)37-22(6)33-10-2/h11-16,21-22H,9-10,17-18H2,1-8H3. The lowest BCUT2D eigenvalue weighted by molar-refractivity contribution is -0.177. The van der Waals surface area contributed by atoms with E-state index < -0.39 is 24.5 Å². The summed E-state index contributed by atoms with van der Waals surface area (Å²) in [6.07, 6.45) is -1.22. The second-order valence-corrected chi connectivity index (χ2v) is 9.19. The van der Waals surface area contributed by atoms with Crippen molar-refractivity contribution in [2.45, 2.75) is 73.4 Å². The molecule has 204 valence electrons. The van der Waals surface area contributed by atoms with Crippen LogP contribution in [0, 0.1) is 13.8 Å². The summed E-state index contributed by atoms with van der Waals surface area (Å²) in [5, 5.41) is 0. The van der Waals surface area contributed by atoms with Gasteiger partial charge in [0.25, 0.3) is 0 Å². The Morgan fingerprint density at radius 1 is 0.730 bits per heavy atom. The average molecular weight is 517 g/mol. The predicted molar refractivity (Wildman–Crippen MR) is 140 cm³/mol. The van der Waals surface area contributed by atoms with Crippen molar-refractivity contribution >= 4 is 11.9 Å². The number of esters is 2. The number of hydrogen-bond acceptors (Lipinski definition) is 8. The van der Waals surface area contributed by atoms with Crippen LogP contribution in [0.4, 0.5) is 0 Å². The molecule has 2 aromatic carbocycles. The first kappa shape index (κ1) is 30.1. The lowest BCUT2D eigenvalue weighted by atomic mass is 9.77. The van der Waals surface area contributed by atoms with Crippen molar-refractivity contribution < 1.29 is 38.0 Å². The van der Waals surface area contributed by atoms with Crippen LogP contribution >= 0.6 is 0 Å². The Kier molecular flexibility index (Phi) is 11.4. The van der Waals surface area contributed by atoms with Crippen molar-refractivity contribution in [3.8, 4) is 11.5 Å². The van der Waals surface area contributed by atoms with Gasteiger partial charge in [-0.2, -0.15) is 0 Å². The first-order valence-corrected chi connectivity index (χ1v) is 12.6. The van der Waals surface area contributed by atoms with E-state index in [1.807, 2.05) is 52.0 Å². The quantitative estimate of drug-likeness (QED) is 0.249. The minimum atomic E-state index is -0.608. The summed E-state index contributed by atoms with van der Waals surface area (Å²) in [4.78, 5) is 23.9. The summed E-state index contributed by atoms with van der Waals surface area (Å²) < 4.78 is 32.1. The Hall–Kier alpha value is -3.10. The van der Waals surface area contributed by atoms with Gasteiger partial charge >= 0.3 is 11.9 Å². The Bertz CT molecular complexity index is 965. The number of carbonyl (C=O) groups excluding carboxylic acids is 2. The fourth-order valence-corrected chi connectivity index (χ4v) is 3.82. The molecule has 0 aliphatic heterocycles. The largest absolute Gasteiger partial charge is 0.482 e. The molecule has 0 amide bonds. The third-order valence-corrected chi connectivity index (χ3v) is 5.88. The molecule has 2 rings (SSSR count). The van der Waals surface area contributed by atoms with Crippen LogP contribution in [0.1, 0.15) is 63.8 Å². The van der Waals surface area contributed by atoms with Gasteiger partial charge in [0.1, 0.15) is 11.5 Å². The molecular formula is C29H40O8. The van der Waals surface area contributed by atoms with Crippen LogP contribution < -0.4 is 9.47 Å². The molecule has 8 nitrogen and oxygen atoms in total. The number of carbonyl (C=O) groups is 2. The topological polar surface area (TPSA) is 89.5 Å². The van der Waals surface area contributed by atoms with Gasteiger partial charge in [-0.25, -0.2) is 9.59 Å². The van der Waals surface area contributed by atoms with Crippen LogP contribution in [-0.4, -0.2) is 50.9 Å². The third kappa shape index (κ3) is 9.05. The zero-order chi connectivity index (χ0) is 27.6. The Morgan fingerprint density at radius 3 is 1.43 bits per heavy atom. The van der Waals surface area contributed by atoms with Gasteiger partial charge in [-0.3, -0.25) is 0 Å². The maximum absolute atomic E-state index is 12.0. The summed E-state index contributed by atoms with van der Waals surface area (Å²) in [5.41, 5.74) is 3.68. The number of benzene rings is 2. The second kappa shape index (κ2) is 14.0. The third-order valence-electron chi connectivity index (χ3n) is 5.88. The van der Waals surface area contributed by atoms with Crippen LogP contribution in [-0.2, 0) is 34.0 Å². The lowest BCUT2D eigenvalue weighted by Gasteiger charge is -2.28. The molecule has 0 aliphatic carbocycles. The van der Waals surface area contributed by atoms with E-state index in [0.717, 1.165) is 22.3 Å². The van der Waals surface area contributed by atoms with E-state index in [0.29, 0.717) is 24.7 Å². The van der Waals surface area contributed by atoms with Crippen LogP contribution in [0.15, 0.2) is 36.4 Å². The Balaban J connectivity index is 2.04. The monoisotopic (exact) mass is 516 g/mol. The van der Waals surface area contributed by atoms with Crippen LogP contribution in [0.3, 0.4) is 0 Å². The Labute approximate surface area is 220 Å². The zero-order valence-corrected chi connectivity index (χ0v) is 23.2. The summed E-state index contributed by atoms with van der Waals surface area (Å²) in [5.74, 6) is 0.260. The molecule has 0 aromatic heterocycles. The van der Waals surface area contributed by atoms with E-state index in [1.54, 1.807) is 13.8 Å². The molecule has 0 saturated carbocycles. The number of rotatable bonds is 14. The molecule has 0 radical (unpaired) electrons. The van der Waals surface area contributed by atoms with Gasteiger partial charge in [-0.05, 0) is 75.9 Å². The maximum atomic E-state index is 12.0. The minimum Gasteiger partial charge on any atom is -0.482 e. The predicted octanol–water partition coefficient (Wildman–Crippen LogP) is 5.24. The summed E-state index contributed by atoms with van der Waals surface area (Å²) in [6.45, 7) is 15.7. The maximum Gasteiger partial charge on any atom is 0.346 e. The van der Waals surface area contributed by atoms with Crippen molar-refractivity contribution in [2.24, 2.45) is 0 Å². The molecule has 37 heavy (non-hydrogen) atoms. The van der Waals surface area contributed by atoms with Crippen LogP contribution in [0.2, 0.25) is 0 Å². The number of hydrogen-bond donors (Lipinski definition) is 0. The highest BCUT2D eigenvalue weighted by atomic mass is 16.7. The molecule has 2 aromatic rings. The van der Waals surface area contributed by atoms with E-state index in [9.17, 15) is 9.59 Å². The molecule has 0 aliphatic rings. The summed E-state index contributed by atoms with van der Waals surface area (Å²) >= 11 is 0. The second-order valence-electron chi connectivity index (χ2n) is 9.19. The highest BCUT2D eigenvalue weighted by molar-refractivity contribution is 5.71.